The molecule has 0 heterocycles. The van der Waals surface area contributed by atoms with Gasteiger partial charge in [0.2, 0.25) is 5.91 Å². The van der Waals surface area contributed by atoms with Gasteiger partial charge in [0.25, 0.3) is 0 Å². The Bertz CT molecular complexity index is 379. The van der Waals surface area contributed by atoms with Gasteiger partial charge in [0.1, 0.15) is 0 Å². The van der Waals surface area contributed by atoms with Crippen LogP contribution < -0.4 is 10.6 Å². The summed E-state index contributed by atoms with van der Waals surface area (Å²) in [5, 5.41) is 6.80. The molecular formula is C14H22ClN3O. The summed E-state index contributed by atoms with van der Waals surface area (Å²) in [6.45, 7) is 2.35. The molecule has 0 aliphatic carbocycles. The molecule has 4 nitrogen and oxygen atoms in total. The molecule has 1 amide bonds. The summed E-state index contributed by atoms with van der Waals surface area (Å²) in [7, 11) is 4.05. The van der Waals surface area contributed by atoms with Crippen LogP contribution in [0.5, 0.6) is 0 Å². The Balaban J connectivity index is 2.08. The lowest BCUT2D eigenvalue weighted by atomic mass is 10.3. The number of halogens is 1. The van der Waals surface area contributed by atoms with Gasteiger partial charge in [-0.25, -0.2) is 0 Å². The maximum absolute atomic E-state index is 11.5. The third-order valence-corrected chi connectivity index (χ3v) is 2.88. The summed E-state index contributed by atoms with van der Waals surface area (Å²) in [5.74, 6) is 0.0835. The van der Waals surface area contributed by atoms with Crippen LogP contribution in [0.3, 0.4) is 0 Å². The first-order chi connectivity index (χ1) is 9.08. The Labute approximate surface area is 120 Å². The van der Waals surface area contributed by atoms with E-state index < -0.39 is 0 Å². The SMILES string of the molecule is CN(C)CCCNC(=O)CCNc1ccc(Cl)cc1. The normalized spacial score (nSPS) is 10.5. The predicted octanol–water partition coefficient (Wildman–Crippen LogP) is 2.21. The molecule has 1 aromatic carbocycles. The van der Waals surface area contributed by atoms with Gasteiger partial charge < -0.3 is 15.5 Å². The van der Waals surface area contributed by atoms with E-state index in [0.29, 0.717) is 18.0 Å². The van der Waals surface area contributed by atoms with Gasteiger partial charge in [-0.2, -0.15) is 0 Å². The van der Waals surface area contributed by atoms with Gasteiger partial charge in [0.15, 0.2) is 0 Å². The van der Waals surface area contributed by atoms with Crippen LogP contribution in [0.15, 0.2) is 24.3 Å². The molecule has 1 aromatic rings. The monoisotopic (exact) mass is 283 g/mol. The van der Waals surface area contributed by atoms with E-state index in [0.717, 1.165) is 25.2 Å². The zero-order valence-corrected chi connectivity index (χ0v) is 12.3. The standard InChI is InChI=1S/C14H22ClN3O/c1-18(2)11-3-9-17-14(19)8-10-16-13-6-4-12(15)5-7-13/h4-7,16H,3,8-11H2,1-2H3,(H,17,19). The van der Waals surface area contributed by atoms with E-state index in [4.69, 9.17) is 11.6 Å². The molecule has 0 unspecified atom stereocenters. The van der Waals surface area contributed by atoms with Crippen molar-refractivity contribution >= 4 is 23.2 Å². The van der Waals surface area contributed by atoms with E-state index in [-0.39, 0.29) is 5.91 Å². The van der Waals surface area contributed by atoms with E-state index in [1.807, 2.05) is 38.4 Å². The van der Waals surface area contributed by atoms with Gasteiger partial charge >= 0.3 is 0 Å². The first-order valence-electron chi connectivity index (χ1n) is 6.49. The van der Waals surface area contributed by atoms with E-state index in [9.17, 15) is 4.79 Å². The van der Waals surface area contributed by atoms with Crippen molar-refractivity contribution in [3.05, 3.63) is 29.3 Å². The molecular weight excluding hydrogens is 262 g/mol. The van der Waals surface area contributed by atoms with Crippen molar-refractivity contribution in [2.75, 3.05) is 39.0 Å². The van der Waals surface area contributed by atoms with Crippen molar-refractivity contribution < 1.29 is 4.79 Å². The number of hydrogen-bond donors (Lipinski definition) is 2. The fraction of sp³-hybridized carbons (Fsp3) is 0.500. The van der Waals surface area contributed by atoms with Crippen LogP contribution in [-0.4, -0.2) is 44.5 Å². The van der Waals surface area contributed by atoms with Crippen LogP contribution in [0.1, 0.15) is 12.8 Å². The minimum Gasteiger partial charge on any atom is -0.385 e. The number of nitrogens with zero attached hydrogens (tertiary/aromatic N) is 1. The fourth-order valence-electron chi connectivity index (χ4n) is 1.60. The highest BCUT2D eigenvalue weighted by atomic mass is 35.5. The molecule has 0 spiro atoms. The van der Waals surface area contributed by atoms with Crippen molar-refractivity contribution in [3.8, 4) is 0 Å². The number of hydrogen-bond acceptors (Lipinski definition) is 3. The quantitative estimate of drug-likeness (QED) is 0.719. The molecule has 0 fully saturated rings. The van der Waals surface area contributed by atoms with Crippen molar-refractivity contribution in [1.82, 2.24) is 10.2 Å². The maximum Gasteiger partial charge on any atom is 0.221 e. The smallest absolute Gasteiger partial charge is 0.221 e. The highest BCUT2D eigenvalue weighted by molar-refractivity contribution is 6.30. The molecule has 0 atom stereocenters. The molecule has 0 aromatic heterocycles. The average molecular weight is 284 g/mol. The van der Waals surface area contributed by atoms with Crippen molar-refractivity contribution in [2.45, 2.75) is 12.8 Å². The van der Waals surface area contributed by atoms with Crippen molar-refractivity contribution in [1.29, 1.82) is 0 Å². The minimum absolute atomic E-state index is 0.0835. The first-order valence-corrected chi connectivity index (χ1v) is 6.86. The topological polar surface area (TPSA) is 44.4 Å². The van der Waals surface area contributed by atoms with Crippen LogP contribution in [0.4, 0.5) is 5.69 Å². The summed E-state index contributed by atoms with van der Waals surface area (Å²) in [4.78, 5) is 13.7. The zero-order chi connectivity index (χ0) is 14.1. The molecule has 0 radical (unpaired) electrons. The number of carbonyl (C=O) groups excluding carboxylic acids is 1. The maximum atomic E-state index is 11.5. The molecule has 106 valence electrons. The van der Waals surface area contributed by atoms with Gasteiger partial charge in [-0.1, -0.05) is 11.6 Å². The number of rotatable bonds is 8. The van der Waals surface area contributed by atoms with Crippen molar-refractivity contribution in [2.24, 2.45) is 0 Å². The number of anilines is 1. The number of carbonyl (C=O) groups is 1. The van der Waals surface area contributed by atoms with Crippen LogP contribution in [0.25, 0.3) is 0 Å². The Hall–Kier alpha value is -1.26. The van der Waals surface area contributed by atoms with Gasteiger partial charge in [-0.15, -0.1) is 0 Å². The fourth-order valence-corrected chi connectivity index (χ4v) is 1.73. The Morgan fingerprint density at radius 3 is 2.53 bits per heavy atom. The van der Waals surface area contributed by atoms with E-state index in [2.05, 4.69) is 15.5 Å². The second-order valence-corrected chi connectivity index (χ2v) is 5.13. The summed E-state index contributed by atoms with van der Waals surface area (Å²) >= 11 is 5.79. The van der Waals surface area contributed by atoms with E-state index in [1.165, 1.54) is 0 Å². The van der Waals surface area contributed by atoms with Crippen LogP contribution in [0, 0.1) is 0 Å². The second-order valence-electron chi connectivity index (χ2n) is 4.69. The first kappa shape index (κ1) is 15.8. The van der Waals surface area contributed by atoms with Crippen LogP contribution in [0.2, 0.25) is 5.02 Å². The zero-order valence-electron chi connectivity index (χ0n) is 11.6. The second kappa shape index (κ2) is 8.77. The molecule has 0 bridgehead atoms. The lowest BCUT2D eigenvalue weighted by Crippen LogP contribution is -2.28. The average Bonchev–Trinajstić information content (AvgIpc) is 2.37. The molecule has 19 heavy (non-hydrogen) atoms. The molecule has 0 aliphatic heterocycles. The van der Waals surface area contributed by atoms with E-state index >= 15 is 0 Å². The summed E-state index contributed by atoms with van der Waals surface area (Å²) in [5.41, 5.74) is 0.977. The third kappa shape index (κ3) is 7.70. The Morgan fingerprint density at radius 2 is 1.89 bits per heavy atom. The largest absolute Gasteiger partial charge is 0.385 e. The number of benzene rings is 1. The lowest BCUT2D eigenvalue weighted by molar-refractivity contribution is -0.120. The highest BCUT2D eigenvalue weighted by Gasteiger charge is 2.00. The predicted molar refractivity (Wildman–Crippen MR) is 80.7 cm³/mol. The summed E-state index contributed by atoms with van der Waals surface area (Å²) in [6, 6.07) is 7.45. The Morgan fingerprint density at radius 1 is 1.21 bits per heavy atom. The molecule has 5 heteroatoms. The molecule has 0 aliphatic rings. The summed E-state index contributed by atoms with van der Waals surface area (Å²) in [6.07, 6.45) is 1.45. The van der Waals surface area contributed by atoms with Crippen molar-refractivity contribution in [3.63, 3.8) is 0 Å². The molecule has 1 rings (SSSR count). The van der Waals surface area contributed by atoms with Gasteiger partial charge in [0, 0.05) is 30.2 Å². The third-order valence-electron chi connectivity index (χ3n) is 2.63. The number of nitrogens with one attached hydrogen (secondary N) is 2. The molecule has 2 N–H and O–H groups in total. The number of amides is 1. The van der Waals surface area contributed by atoms with Gasteiger partial charge in [-0.3, -0.25) is 4.79 Å². The Kier molecular flexibility index (Phi) is 7.30. The minimum atomic E-state index is 0.0835. The van der Waals surface area contributed by atoms with Gasteiger partial charge in [-0.05, 0) is 51.3 Å². The van der Waals surface area contributed by atoms with Crippen LogP contribution in [-0.2, 0) is 4.79 Å². The molecule has 0 saturated carbocycles. The highest BCUT2D eigenvalue weighted by Crippen LogP contribution is 2.12. The van der Waals surface area contributed by atoms with Gasteiger partial charge in [0.05, 0.1) is 0 Å². The van der Waals surface area contributed by atoms with E-state index in [1.54, 1.807) is 0 Å². The lowest BCUT2D eigenvalue weighted by Gasteiger charge is -2.10. The molecule has 0 saturated heterocycles. The van der Waals surface area contributed by atoms with Crippen LogP contribution >= 0.6 is 11.6 Å². The summed E-state index contributed by atoms with van der Waals surface area (Å²) < 4.78 is 0.